The molecule has 9 nitrogen and oxygen atoms in total. The standard InChI is InChI=1S/C21H26N4O5/c1-2-21(29)17(28)14(8-9-26)30-20(21)25-10-13(15-18(22)23-11-24-19(15)25)16(27)12-6-4-3-5-7-12/h1,10-12,14,17,20,26,28-29H,3-9H2,(H2,22,23,24)/t14-,17-,20-,21-/m1/s1. The molecular formula is C21H26N4O5. The molecule has 0 aromatic carbocycles. The average molecular weight is 414 g/mol. The summed E-state index contributed by atoms with van der Waals surface area (Å²) < 4.78 is 7.29. The van der Waals surface area contributed by atoms with Crippen molar-refractivity contribution in [1.82, 2.24) is 14.5 Å². The van der Waals surface area contributed by atoms with E-state index in [9.17, 15) is 20.1 Å². The van der Waals surface area contributed by atoms with Gasteiger partial charge in [0.25, 0.3) is 0 Å². The van der Waals surface area contributed by atoms with Crippen LogP contribution in [-0.2, 0) is 4.74 Å². The molecule has 0 unspecified atom stereocenters. The van der Waals surface area contributed by atoms with Crippen LogP contribution in [-0.4, -0.2) is 60.1 Å². The van der Waals surface area contributed by atoms with Gasteiger partial charge in [-0.25, -0.2) is 9.97 Å². The zero-order valence-electron chi connectivity index (χ0n) is 16.6. The Morgan fingerprint density at radius 2 is 2.10 bits per heavy atom. The van der Waals surface area contributed by atoms with Gasteiger partial charge in [0.15, 0.2) is 17.6 Å². The summed E-state index contributed by atoms with van der Waals surface area (Å²) in [6.45, 7) is -0.248. The first-order valence-electron chi connectivity index (χ1n) is 10.2. The second-order valence-electron chi connectivity index (χ2n) is 8.06. The Morgan fingerprint density at radius 3 is 2.77 bits per heavy atom. The minimum atomic E-state index is -2.07. The summed E-state index contributed by atoms with van der Waals surface area (Å²) in [5.74, 6) is 2.22. The molecule has 2 aromatic rings. The predicted octanol–water partition coefficient (Wildman–Crippen LogP) is 0.781. The molecule has 160 valence electrons. The van der Waals surface area contributed by atoms with Crippen LogP contribution in [0.3, 0.4) is 0 Å². The smallest absolute Gasteiger partial charge is 0.199 e. The maximum atomic E-state index is 13.3. The molecule has 2 aromatic heterocycles. The summed E-state index contributed by atoms with van der Waals surface area (Å²) in [6, 6.07) is 0. The van der Waals surface area contributed by atoms with E-state index in [1.807, 2.05) is 0 Å². The van der Waals surface area contributed by atoms with Gasteiger partial charge >= 0.3 is 0 Å². The monoisotopic (exact) mass is 414 g/mol. The van der Waals surface area contributed by atoms with Crippen molar-refractivity contribution >= 4 is 22.6 Å². The fraction of sp³-hybridized carbons (Fsp3) is 0.571. The Kier molecular flexibility index (Phi) is 5.51. The number of hydrogen-bond donors (Lipinski definition) is 4. The van der Waals surface area contributed by atoms with E-state index in [0.29, 0.717) is 10.9 Å². The number of nitrogens with zero attached hydrogens (tertiary/aromatic N) is 3. The van der Waals surface area contributed by atoms with Gasteiger partial charge in [-0.1, -0.05) is 25.2 Å². The number of nitrogen functional groups attached to an aromatic ring is 1. The number of fused-ring (bicyclic) bond motifs is 1. The quantitative estimate of drug-likeness (QED) is 0.415. The highest BCUT2D eigenvalue weighted by molar-refractivity contribution is 6.11. The number of aromatic nitrogens is 3. The van der Waals surface area contributed by atoms with Gasteiger partial charge in [0, 0.05) is 24.3 Å². The summed E-state index contributed by atoms with van der Waals surface area (Å²) in [4.78, 5) is 21.6. The van der Waals surface area contributed by atoms with Crippen molar-refractivity contribution in [2.45, 2.75) is 62.6 Å². The SMILES string of the molecule is C#C[C@@]1(O)[C@H](O)[C@@H](CCO)O[C@H]1n1cc(C(=O)C2CCCCC2)c2c(N)ncnc21. The van der Waals surface area contributed by atoms with Crippen LogP contribution in [0, 0.1) is 18.3 Å². The van der Waals surface area contributed by atoms with Crippen LogP contribution in [0.15, 0.2) is 12.5 Å². The van der Waals surface area contributed by atoms with Crippen molar-refractivity contribution in [3.05, 3.63) is 18.1 Å². The number of carbonyl (C=O) groups excluding carboxylic acids is 1. The first-order chi connectivity index (χ1) is 14.4. The molecule has 3 heterocycles. The molecule has 9 heteroatoms. The van der Waals surface area contributed by atoms with Gasteiger partial charge in [-0.2, -0.15) is 0 Å². The third kappa shape index (κ3) is 3.17. The average Bonchev–Trinajstić information content (AvgIpc) is 3.26. The van der Waals surface area contributed by atoms with Crippen LogP contribution >= 0.6 is 0 Å². The lowest BCUT2D eigenvalue weighted by atomic mass is 9.84. The number of terminal acetylenes is 1. The number of ketones is 1. The normalized spacial score (nSPS) is 29.9. The van der Waals surface area contributed by atoms with Crippen molar-refractivity contribution in [1.29, 1.82) is 0 Å². The van der Waals surface area contributed by atoms with Crippen LogP contribution in [0.25, 0.3) is 11.0 Å². The zero-order valence-corrected chi connectivity index (χ0v) is 16.6. The molecule has 5 N–H and O–H groups in total. The summed E-state index contributed by atoms with van der Waals surface area (Å²) in [5.41, 5.74) is 4.67. The maximum absolute atomic E-state index is 13.3. The second-order valence-corrected chi connectivity index (χ2v) is 8.06. The number of nitrogens with two attached hydrogens (primary N) is 1. The van der Waals surface area contributed by atoms with Crippen molar-refractivity contribution in [3.8, 4) is 12.3 Å². The molecule has 1 aliphatic carbocycles. The number of carbonyl (C=O) groups is 1. The fourth-order valence-corrected chi connectivity index (χ4v) is 4.62. The molecule has 0 spiro atoms. The second kappa shape index (κ2) is 7.96. The Bertz CT molecular complexity index is 993. The van der Waals surface area contributed by atoms with Crippen molar-refractivity contribution < 1.29 is 24.9 Å². The molecule has 4 rings (SSSR count). The van der Waals surface area contributed by atoms with Crippen LogP contribution in [0.2, 0.25) is 0 Å². The zero-order chi connectivity index (χ0) is 21.5. The van der Waals surface area contributed by atoms with E-state index in [2.05, 4.69) is 15.9 Å². The number of aliphatic hydroxyl groups is 3. The highest BCUT2D eigenvalue weighted by Gasteiger charge is 2.55. The van der Waals surface area contributed by atoms with Gasteiger partial charge in [-0.05, 0) is 19.3 Å². The Hall–Kier alpha value is -2.51. The fourth-order valence-electron chi connectivity index (χ4n) is 4.62. The summed E-state index contributed by atoms with van der Waals surface area (Å²) >= 11 is 0. The third-order valence-electron chi connectivity index (χ3n) is 6.26. The number of aliphatic hydroxyl groups excluding tert-OH is 2. The molecule has 1 saturated carbocycles. The highest BCUT2D eigenvalue weighted by atomic mass is 16.6. The molecule has 2 fully saturated rings. The lowest BCUT2D eigenvalue weighted by Crippen LogP contribution is -2.45. The van der Waals surface area contributed by atoms with Crippen LogP contribution in [0.5, 0.6) is 0 Å². The first kappa shape index (κ1) is 20.8. The lowest BCUT2D eigenvalue weighted by Gasteiger charge is -2.26. The first-order valence-corrected chi connectivity index (χ1v) is 10.2. The van der Waals surface area contributed by atoms with Crippen molar-refractivity contribution in [2.75, 3.05) is 12.3 Å². The van der Waals surface area contributed by atoms with Crippen LogP contribution in [0.1, 0.15) is 55.1 Å². The number of ether oxygens (including phenoxy) is 1. The molecule has 4 atom stereocenters. The Labute approximate surface area is 173 Å². The summed E-state index contributed by atoms with van der Waals surface area (Å²) in [5, 5.41) is 31.2. The van der Waals surface area contributed by atoms with Gasteiger partial charge < -0.3 is 30.4 Å². The van der Waals surface area contributed by atoms with E-state index in [0.717, 1.165) is 32.1 Å². The van der Waals surface area contributed by atoms with Gasteiger partial charge in [0.2, 0.25) is 0 Å². The maximum Gasteiger partial charge on any atom is 0.199 e. The molecular weight excluding hydrogens is 388 g/mol. The topological polar surface area (TPSA) is 144 Å². The molecule has 30 heavy (non-hydrogen) atoms. The number of anilines is 1. The van der Waals surface area contributed by atoms with E-state index in [1.54, 1.807) is 0 Å². The Balaban J connectivity index is 1.83. The highest BCUT2D eigenvalue weighted by Crippen LogP contribution is 2.42. The molecule has 2 aliphatic rings. The lowest BCUT2D eigenvalue weighted by molar-refractivity contribution is -0.0692. The Morgan fingerprint density at radius 1 is 1.37 bits per heavy atom. The van der Waals surface area contributed by atoms with E-state index in [4.69, 9.17) is 16.9 Å². The van der Waals surface area contributed by atoms with Crippen molar-refractivity contribution in [3.63, 3.8) is 0 Å². The van der Waals surface area contributed by atoms with Gasteiger partial charge in [-0.15, -0.1) is 6.42 Å². The molecule has 1 aliphatic heterocycles. The summed E-state index contributed by atoms with van der Waals surface area (Å²) in [6.07, 6.45) is 9.67. The van der Waals surface area contributed by atoms with Crippen LogP contribution < -0.4 is 5.73 Å². The van der Waals surface area contributed by atoms with Crippen molar-refractivity contribution in [2.24, 2.45) is 5.92 Å². The van der Waals surface area contributed by atoms with E-state index in [1.165, 1.54) is 17.1 Å². The van der Waals surface area contributed by atoms with E-state index < -0.39 is 24.0 Å². The molecule has 0 bridgehead atoms. The molecule has 0 amide bonds. The number of rotatable bonds is 5. The number of Topliss-reactive ketones (excluding diaryl/α,β-unsaturated/α-hetero) is 1. The van der Waals surface area contributed by atoms with E-state index >= 15 is 0 Å². The number of hydrogen-bond acceptors (Lipinski definition) is 8. The largest absolute Gasteiger partial charge is 0.396 e. The van der Waals surface area contributed by atoms with Gasteiger partial charge in [-0.3, -0.25) is 4.79 Å². The van der Waals surface area contributed by atoms with Crippen LogP contribution in [0.4, 0.5) is 5.82 Å². The van der Waals surface area contributed by atoms with Gasteiger partial charge in [0.05, 0.1) is 11.5 Å². The molecule has 0 radical (unpaired) electrons. The minimum absolute atomic E-state index is 0.0466. The minimum Gasteiger partial charge on any atom is -0.396 e. The van der Waals surface area contributed by atoms with E-state index in [-0.39, 0.29) is 36.2 Å². The predicted molar refractivity (Wildman–Crippen MR) is 108 cm³/mol. The third-order valence-corrected chi connectivity index (χ3v) is 6.26. The summed E-state index contributed by atoms with van der Waals surface area (Å²) in [7, 11) is 0. The molecule has 1 saturated heterocycles. The van der Waals surface area contributed by atoms with Gasteiger partial charge in [0.1, 0.15) is 23.9 Å².